The Balaban J connectivity index is 1.58. The van der Waals surface area contributed by atoms with E-state index in [2.05, 4.69) is 0 Å². The molecule has 4 aliphatic rings. The van der Waals surface area contributed by atoms with Crippen LogP contribution in [0.25, 0.3) is 0 Å². The minimum Gasteiger partial charge on any atom is -0.379 e. The second-order valence-electron chi connectivity index (χ2n) is 8.21. The first-order valence-corrected chi connectivity index (χ1v) is 9.98. The van der Waals surface area contributed by atoms with Gasteiger partial charge in [0.25, 0.3) is 5.69 Å². The lowest BCUT2D eigenvalue weighted by Gasteiger charge is -2.51. The van der Waals surface area contributed by atoms with Crippen LogP contribution in [-0.2, 0) is 15.2 Å². The van der Waals surface area contributed by atoms with Crippen molar-refractivity contribution in [3.05, 3.63) is 105 Å². The van der Waals surface area contributed by atoms with Crippen molar-refractivity contribution < 1.29 is 19.6 Å². The number of anilines is 1. The zero-order valence-corrected chi connectivity index (χ0v) is 16.1. The second-order valence-corrected chi connectivity index (χ2v) is 8.21. The van der Waals surface area contributed by atoms with Crippen LogP contribution in [0.1, 0.15) is 28.2 Å². The van der Waals surface area contributed by atoms with Gasteiger partial charge in [-0.1, -0.05) is 54.6 Å². The average Bonchev–Trinajstić information content (AvgIpc) is 3.06. The molecule has 7 rings (SSSR count). The summed E-state index contributed by atoms with van der Waals surface area (Å²) in [6, 6.07) is 20.2. The van der Waals surface area contributed by atoms with E-state index in [0.29, 0.717) is 11.1 Å². The molecule has 7 heteroatoms. The summed E-state index contributed by atoms with van der Waals surface area (Å²) in [5.41, 5.74) is 1.26. The van der Waals surface area contributed by atoms with Gasteiger partial charge in [-0.3, -0.25) is 19.7 Å². The zero-order chi connectivity index (χ0) is 21.5. The van der Waals surface area contributed by atoms with E-state index in [-0.39, 0.29) is 17.3 Å². The van der Waals surface area contributed by atoms with E-state index in [4.69, 9.17) is 0 Å². The summed E-state index contributed by atoms with van der Waals surface area (Å²) in [6.07, 6.45) is 0. The summed E-state index contributed by atoms with van der Waals surface area (Å²) in [7, 11) is 0. The molecule has 31 heavy (non-hydrogen) atoms. The Morgan fingerprint density at radius 1 is 0.871 bits per heavy atom. The van der Waals surface area contributed by atoms with Gasteiger partial charge in [0.1, 0.15) is 5.60 Å². The highest BCUT2D eigenvalue weighted by atomic mass is 16.6. The van der Waals surface area contributed by atoms with Gasteiger partial charge in [-0.2, -0.15) is 0 Å². The molecule has 0 unspecified atom stereocenters. The van der Waals surface area contributed by atoms with E-state index in [1.54, 1.807) is 0 Å². The van der Waals surface area contributed by atoms with Crippen LogP contribution in [0.15, 0.2) is 72.8 Å². The first-order chi connectivity index (χ1) is 14.9. The molecule has 1 heterocycles. The molecule has 3 aromatic carbocycles. The van der Waals surface area contributed by atoms with Crippen LogP contribution in [0.4, 0.5) is 11.4 Å². The van der Waals surface area contributed by atoms with Gasteiger partial charge < -0.3 is 5.11 Å². The van der Waals surface area contributed by atoms with Crippen LogP contribution in [0.3, 0.4) is 0 Å². The second kappa shape index (κ2) is 5.86. The molecule has 1 N–H and O–H groups in total. The normalized spacial score (nSPS) is 27.6. The summed E-state index contributed by atoms with van der Waals surface area (Å²) in [5.74, 6) is -3.11. The van der Waals surface area contributed by atoms with Crippen molar-refractivity contribution in [3.8, 4) is 0 Å². The Morgan fingerprint density at radius 2 is 1.48 bits per heavy atom. The van der Waals surface area contributed by atoms with E-state index < -0.39 is 34.2 Å². The van der Waals surface area contributed by atoms with Crippen molar-refractivity contribution >= 4 is 23.2 Å². The van der Waals surface area contributed by atoms with Gasteiger partial charge in [-0.15, -0.1) is 0 Å². The number of hydrogen-bond acceptors (Lipinski definition) is 5. The first kappa shape index (κ1) is 18.0. The number of rotatable bonds is 2. The number of imide groups is 1. The smallest absolute Gasteiger partial charge is 0.271 e. The maximum Gasteiger partial charge on any atom is 0.271 e. The molecule has 2 amide bonds. The van der Waals surface area contributed by atoms with E-state index in [1.807, 2.05) is 48.5 Å². The maximum absolute atomic E-state index is 13.6. The number of hydrogen-bond donors (Lipinski definition) is 1. The third kappa shape index (κ3) is 2.06. The summed E-state index contributed by atoms with van der Waals surface area (Å²) in [5, 5.41) is 23.3. The summed E-state index contributed by atoms with van der Waals surface area (Å²) in [4.78, 5) is 38.9. The lowest BCUT2D eigenvalue weighted by molar-refractivity contribution is -0.384. The highest BCUT2D eigenvalue weighted by Crippen LogP contribution is 2.63. The lowest BCUT2D eigenvalue weighted by atomic mass is 9.52. The Hall–Kier alpha value is -3.84. The van der Waals surface area contributed by atoms with Crippen molar-refractivity contribution in [2.75, 3.05) is 4.90 Å². The Morgan fingerprint density at radius 3 is 2.10 bits per heavy atom. The minimum atomic E-state index is -1.64. The molecule has 3 aliphatic carbocycles. The third-order valence-electron chi connectivity index (χ3n) is 6.87. The van der Waals surface area contributed by atoms with Gasteiger partial charge in [0.2, 0.25) is 11.8 Å². The fourth-order valence-corrected chi connectivity index (χ4v) is 5.73. The molecule has 1 saturated heterocycles. The quantitative estimate of drug-likeness (QED) is 0.396. The van der Waals surface area contributed by atoms with Gasteiger partial charge in [-0.25, -0.2) is 4.90 Å². The number of carbonyl (C=O) groups excluding carboxylic acids is 2. The standard InChI is InChI=1S/C24H16N2O5/c27-22-20-19-15-8-1-3-10-17(15)24(29,18-11-4-2-9-16(18)19)21(20)23(28)25(22)13-6-5-7-14(12-13)26(30)31/h1-12,19-21,29H/t19?,20-,21+,24?/m0/s1. The molecular weight excluding hydrogens is 396 g/mol. The Labute approximate surface area is 176 Å². The molecule has 0 spiro atoms. The van der Waals surface area contributed by atoms with Crippen LogP contribution < -0.4 is 4.90 Å². The SMILES string of the molecule is O=C1[C@H]2C3c4ccccc4C(O)(c4ccccc43)[C@H]2C(=O)N1c1cccc([N+](=O)[O-])c1. The molecule has 1 aliphatic heterocycles. The summed E-state index contributed by atoms with van der Waals surface area (Å²) < 4.78 is 0. The Kier molecular flexibility index (Phi) is 3.40. The number of amides is 2. The fraction of sp³-hybridized carbons (Fsp3) is 0.167. The number of aliphatic hydroxyl groups is 1. The van der Waals surface area contributed by atoms with Gasteiger partial charge in [0.05, 0.1) is 22.4 Å². The molecule has 7 nitrogen and oxygen atoms in total. The molecule has 152 valence electrons. The topological polar surface area (TPSA) is 101 Å². The molecule has 2 bridgehead atoms. The van der Waals surface area contributed by atoms with E-state index >= 15 is 0 Å². The van der Waals surface area contributed by atoms with Crippen molar-refractivity contribution in [2.45, 2.75) is 11.5 Å². The van der Waals surface area contributed by atoms with E-state index in [1.165, 1.54) is 24.3 Å². The van der Waals surface area contributed by atoms with Crippen molar-refractivity contribution in [2.24, 2.45) is 11.8 Å². The van der Waals surface area contributed by atoms with Crippen molar-refractivity contribution in [1.82, 2.24) is 0 Å². The van der Waals surface area contributed by atoms with Crippen molar-refractivity contribution in [3.63, 3.8) is 0 Å². The number of benzene rings is 3. The fourth-order valence-electron chi connectivity index (χ4n) is 5.73. The first-order valence-electron chi connectivity index (χ1n) is 9.98. The van der Waals surface area contributed by atoms with Gasteiger partial charge in [0.15, 0.2) is 0 Å². The van der Waals surface area contributed by atoms with Crippen LogP contribution in [-0.4, -0.2) is 21.8 Å². The van der Waals surface area contributed by atoms with E-state index in [0.717, 1.165) is 16.0 Å². The molecule has 2 atom stereocenters. The predicted molar refractivity (Wildman–Crippen MR) is 110 cm³/mol. The van der Waals surface area contributed by atoms with Gasteiger partial charge >= 0.3 is 0 Å². The number of nitrogens with zero attached hydrogens (tertiary/aromatic N) is 2. The lowest BCUT2D eigenvalue weighted by Crippen LogP contribution is -2.53. The van der Waals surface area contributed by atoms with Crippen LogP contribution in [0, 0.1) is 22.0 Å². The largest absolute Gasteiger partial charge is 0.379 e. The average molecular weight is 412 g/mol. The zero-order valence-electron chi connectivity index (χ0n) is 16.1. The number of carbonyl (C=O) groups is 2. The molecule has 0 aromatic heterocycles. The van der Waals surface area contributed by atoms with E-state index in [9.17, 15) is 24.8 Å². The molecule has 0 saturated carbocycles. The number of non-ortho nitro benzene ring substituents is 1. The monoisotopic (exact) mass is 412 g/mol. The van der Waals surface area contributed by atoms with Crippen LogP contribution >= 0.6 is 0 Å². The third-order valence-corrected chi connectivity index (χ3v) is 6.87. The van der Waals surface area contributed by atoms with Gasteiger partial charge in [-0.05, 0) is 28.3 Å². The maximum atomic E-state index is 13.6. The molecule has 3 aromatic rings. The number of nitro groups is 1. The van der Waals surface area contributed by atoms with Crippen LogP contribution in [0.2, 0.25) is 0 Å². The summed E-state index contributed by atoms with van der Waals surface area (Å²) in [6.45, 7) is 0. The molecule has 1 fully saturated rings. The molecule has 0 radical (unpaired) electrons. The molecular formula is C24H16N2O5. The predicted octanol–water partition coefficient (Wildman–Crippen LogP) is 3.10. The highest BCUT2D eigenvalue weighted by molar-refractivity contribution is 6.23. The van der Waals surface area contributed by atoms with Gasteiger partial charge in [0, 0.05) is 18.1 Å². The minimum absolute atomic E-state index is 0.148. The summed E-state index contributed by atoms with van der Waals surface area (Å²) >= 11 is 0. The Bertz CT molecular complexity index is 1270. The van der Waals surface area contributed by atoms with Crippen molar-refractivity contribution in [1.29, 1.82) is 0 Å². The number of nitro benzene ring substituents is 1. The highest BCUT2D eigenvalue weighted by Gasteiger charge is 2.68. The van der Waals surface area contributed by atoms with Crippen LogP contribution in [0.5, 0.6) is 0 Å².